The molecule has 0 radical (unpaired) electrons. The Morgan fingerprint density at radius 3 is 2.07 bits per heavy atom. The second-order valence-electron chi connectivity index (χ2n) is 5.27. The fraction of sp³-hybridized carbons (Fsp3) is 0.0667. The predicted octanol–water partition coefficient (Wildman–Crippen LogP) is 2.95. The van der Waals surface area contributed by atoms with E-state index in [0.717, 1.165) is 18.2 Å². The average molecular weight is 374 g/mol. The van der Waals surface area contributed by atoms with E-state index in [2.05, 4.69) is 0 Å². The van der Waals surface area contributed by atoms with Gasteiger partial charge in [-0.15, -0.1) is 0 Å². The molecule has 0 saturated heterocycles. The van der Waals surface area contributed by atoms with Crippen LogP contribution in [0.25, 0.3) is 6.08 Å². The molecule has 0 atom stereocenters. The lowest BCUT2D eigenvalue weighted by atomic mass is 10.0. The molecular formula is C15H10N4O8. The maximum atomic E-state index is 11.2. The lowest BCUT2D eigenvalue weighted by Gasteiger charge is -2.04. The molecule has 2 aromatic carbocycles. The second-order valence-corrected chi connectivity index (χ2v) is 5.27. The Bertz CT molecular complexity index is 970. The average Bonchev–Trinajstić information content (AvgIpc) is 2.59. The third-order valence-corrected chi connectivity index (χ3v) is 3.49. The Morgan fingerprint density at radius 1 is 0.852 bits per heavy atom. The zero-order valence-corrected chi connectivity index (χ0v) is 13.4. The number of benzene rings is 2. The van der Waals surface area contributed by atoms with Gasteiger partial charge in [0.15, 0.2) is 0 Å². The van der Waals surface area contributed by atoms with Crippen LogP contribution in [0.3, 0.4) is 0 Å². The van der Waals surface area contributed by atoms with Gasteiger partial charge in [0.2, 0.25) is 0 Å². The third-order valence-electron chi connectivity index (χ3n) is 3.49. The first kappa shape index (κ1) is 19.1. The van der Waals surface area contributed by atoms with Crippen molar-refractivity contribution in [2.75, 3.05) is 0 Å². The molecule has 27 heavy (non-hydrogen) atoms. The van der Waals surface area contributed by atoms with E-state index in [1.807, 2.05) is 0 Å². The normalized spacial score (nSPS) is 10.1. The summed E-state index contributed by atoms with van der Waals surface area (Å²) < 4.78 is 0. The van der Waals surface area contributed by atoms with Crippen LogP contribution in [0.5, 0.6) is 0 Å². The fourth-order valence-corrected chi connectivity index (χ4v) is 2.32. The zero-order chi connectivity index (χ0) is 20.1. The molecule has 2 aromatic rings. The molecule has 2 rings (SSSR count). The van der Waals surface area contributed by atoms with Crippen molar-refractivity contribution in [3.8, 4) is 0 Å². The predicted molar refractivity (Wildman–Crippen MR) is 91.0 cm³/mol. The lowest BCUT2D eigenvalue weighted by molar-refractivity contribution is -0.613. The van der Waals surface area contributed by atoms with E-state index in [0.29, 0.717) is 5.56 Å². The van der Waals surface area contributed by atoms with Crippen LogP contribution in [0, 0.1) is 40.5 Å². The van der Waals surface area contributed by atoms with Gasteiger partial charge in [0.25, 0.3) is 11.4 Å². The summed E-state index contributed by atoms with van der Waals surface area (Å²) in [4.78, 5) is 39.6. The second kappa shape index (κ2) is 7.77. The highest BCUT2D eigenvalue weighted by Gasteiger charge is 2.25. The molecule has 138 valence electrons. The number of nitrogens with zero attached hydrogens (tertiary/aromatic N) is 4. The van der Waals surface area contributed by atoms with Gasteiger partial charge in [-0.1, -0.05) is 24.3 Å². The van der Waals surface area contributed by atoms with Crippen LogP contribution in [-0.4, -0.2) is 19.7 Å². The van der Waals surface area contributed by atoms with Crippen molar-refractivity contribution in [3.05, 3.63) is 105 Å². The largest absolute Gasteiger partial charge is 0.559 e. The van der Waals surface area contributed by atoms with Crippen LogP contribution in [-0.2, 0) is 6.42 Å². The van der Waals surface area contributed by atoms with Gasteiger partial charge in [0.1, 0.15) is 15.9 Å². The van der Waals surface area contributed by atoms with Gasteiger partial charge >= 0.3 is 5.82 Å². The minimum Gasteiger partial charge on any atom is -0.258 e. The Balaban J connectivity index is 2.41. The Labute approximate surface area is 150 Å². The van der Waals surface area contributed by atoms with Gasteiger partial charge in [-0.2, -0.15) is 0 Å². The molecule has 0 aliphatic carbocycles. The summed E-state index contributed by atoms with van der Waals surface area (Å²) in [5, 5.41) is 43.3. The summed E-state index contributed by atoms with van der Waals surface area (Å²) in [5.41, 5.74) is -0.0344. The SMILES string of the molecule is O=[N+]([O-])C(=Cc1cccc(Cc2ccc([N+](=O)[O-])cc2[N+](=O)[O-])c1)[N+](=O)[O-]. The summed E-state index contributed by atoms with van der Waals surface area (Å²) in [7, 11) is 0. The number of hydrogen-bond donors (Lipinski definition) is 0. The molecule has 0 fully saturated rings. The standard InChI is InChI=1S/C15H10N4O8/c20-16(21)13-5-4-12(14(9-13)17(22)23)7-10-2-1-3-11(6-10)8-15(18(24)25)19(26)27/h1-6,8-9H,7H2. The van der Waals surface area contributed by atoms with Crippen LogP contribution in [0.15, 0.2) is 48.3 Å². The van der Waals surface area contributed by atoms with Gasteiger partial charge < -0.3 is 0 Å². The van der Waals surface area contributed by atoms with Crippen LogP contribution in [0.1, 0.15) is 16.7 Å². The van der Waals surface area contributed by atoms with E-state index in [-0.39, 0.29) is 17.5 Å². The topological polar surface area (TPSA) is 173 Å². The highest BCUT2D eigenvalue weighted by molar-refractivity contribution is 5.54. The summed E-state index contributed by atoms with van der Waals surface area (Å²) >= 11 is 0. The minimum absolute atomic E-state index is 0.00223. The number of nitro benzene ring substituents is 2. The van der Waals surface area contributed by atoms with Crippen molar-refractivity contribution in [1.82, 2.24) is 0 Å². The van der Waals surface area contributed by atoms with Crippen LogP contribution < -0.4 is 0 Å². The molecule has 0 bridgehead atoms. The van der Waals surface area contributed by atoms with Crippen molar-refractivity contribution in [3.63, 3.8) is 0 Å². The minimum atomic E-state index is -1.21. The van der Waals surface area contributed by atoms with Crippen LogP contribution >= 0.6 is 0 Å². The first-order valence-corrected chi connectivity index (χ1v) is 7.20. The van der Waals surface area contributed by atoms with Crippen LogP contribution in [0.2, 0.25) is 0 Å². The summed E-state index contributed by atoms with van der Waals surface area (Å²) in [6.45, 7) is 0. The maximum absolute atomic E-state index is 11.2. The van der Waals surface area contributed by atoms with Crippen molar-refractivity contribution >= 4 is 17.5 Å². The van der Waals surface area contributed by atoms with Crippen LogP contribution in [0.4, 0.5) is 11.4 Å². The van der Waals surface area contributed by atoms with Gasteiger partial charge in [-0.3, -0.25) is 40.5 Å². The van der Waals surface area contributed by atoms with Crippen molar-refractivity contribution in [2.24, 2.45) is 0 Å². The number of nitro groups is 4. The monoisotopic (exact) mass is 374 g/mol. The highest BCUT2D eigenvalue weighted by Crippen LogP contribution is 2.27. The van der Waals surface area contributed by atoms with Gasteiger partial charge in [-0.05, 0) is 17.2 Å². The first-order valence-electron chi connectivity index (χ1n) is 7.20. The molecule has 0 amide bonds. The van der Waals surface area contributed by atoms with E-state index < -0.39 is 36.9 Å². The molecule has 0 heterocycles. The van der Waals surface area contributed by atoms with E-state index >= 15 is 0 Å². The molecule has 0 aliphatic rings. The Kier molecular flexibility index (Phi) is 5.50. The number of hydrogen-bond acceptors (Lipinski definition) is 8. The molecule has 12 heteroatoms. The highest BCUT2D eigenvalue weighted by atomic mass is 16.7. The number of non-ortho nitro benzene ring substituents is 1. The van der Waals surface area contributed by atoms with E-state index in [1.165, 1.54) is 24.3 Å². The van der Waals surface area contributed by atoms with Crippen molar-refractivity contribution < 1.29 is 19.7 Å². The van der Waals surface area contributed by atoms with Gasteiger partial charge in [0, 0.05) is 18.1 Å². The quantitative estimate of drug-likeness (QED) is 0.525. The molecule has 0 saturated carbocycles. The zero-order valence-electron chi connectivity index (χ0n) is 13.4. The smallest absolute Gasteiger partial charge is 0.258 e. The molecular weight excluding hydrogens is 364 g/mol. The van der Waals surface area contributed by atoms with E-state index in [1.54, 1.807) is 6.07 Å². The molecule has 0 unspecified atom stereocenters. The molecule has 0 N–H and O–H groups in total. The Morgan fingerprint density at radius 2 is 1.52 bits per heavy atom. The fourth-order valence-electron chi connectivity index (χ4n) is 2.32. The van der Waals surface area contributed by atoms with Gasteiger partial charge in [0.05, 0.1) is 15.9 Å². The summed E-state index contributed by atoms with van der Waals surface area (Å²) in [5.74, 6) is -1.21. The maximum Gasteiger partial charge on any atom is 0.559 e. The Hall–Kier alpha value is -4.22. The molecule has 0 spiro atoms. The molecule has 0 aliphatic heterocycles. The summed E-state index contributed by atoms with van der Waals surface area (Å²) in [6.07, 6.45) is 0.774. The lowest BCUT2D eigenvalue weighted by Crippen LogP contribution is -2.08. The van der Waals surface area contributed by atoms with E-state index in [9.17, 15) is 40.5 Å². The first-order chi connectivity index (χ1) is 12.7. The van der Waals surface area contributed by atoms with Gasteiger partial charge in [-0.25, -0.2) is 0 Å². The number of rotatable bonds is 7. The molecule has 12 nitrogen and oxygen atoms in total. The van der Waals surface area contributed by atoms with E-state index in [4.69, 9.17) is 0 Å². The molecule has 0 aromatic heterocycles. The third kappa shape index (κ3) is 4.66. The van der Waals surface area contributed by atoms with Crippen molar-refractivity contribution in [2.45, 2.75) is 6.42 Å². The van der Waals surface area contributed by atoms with Crippen molar-refractivity contribution in [1.29, 1.82) is 0 Å². The summed E-state index contributed by atoms with van der Waals surface area (Å²) in [6, 6.07) is 9.08.